The van der Waals surface area contributed by atoms with Gasteiger partial charge in [0.05, 0.1) is 30.1 Å². The van der Waals surface area contributed by atoms with Crippen molar-refractivity contribution < 1.29 is 9.53 Å². The molecule has 0 saturated heterocycles. The Kier molecular flexibility index (Phi) is 4.38. The number of amides is 1. The van der Waals surface area contributed by atoms with Crippen LogP contribution < -0.4 is 15.8 Å². The van der Waals surface area contributed by atoms with Crippen molar-refractivity contribution in [2.75, 3.05) is 12.8 Å². The molecule has 0 bridgehead atoms. The molecule has 1 atom stereocenters. The van der Waals surface area contributed by atoms with Crippen LogP contribution in [0, 0.1) is 13.8 Å². The van der Waals surface area contributed by atoms with Gasteiger partial charge in [-0.25, -0.2) is 15.0 Å². The minimum absolute atomic E-state index is 0.171. The van der Waals surface area contributed by atoms with Crippen LogP contribution in [0.25, 0.3) is 11.4 Å². The molecule has 1 amide bonds. The lowest BCUT2D eigenvalue weighted by Gasteiger charge is -2.27. The summed E-state index contributed by atoms with van der Waals surface area (Å²) in [6.07, 6.45) is 2.23. The maximum Gasteiger partial charge on any atom is 0.255 e. The van der Waals surface area contributed by atoms with E-state index in [0.717, 1.165) is 16.7 Å². The van der Waals surface area contributed by atoms with Gasteiger partial charge in [0.25, 0.3) is 5.91 Å². The molecule has 0 fully saturated rings. The number of carbonyl (C=O) groups is 1. The second kappa shape index (κ2) is 6.88. The monoisotopic (exact) mass is 376 g/mol. The third-order valence-corrected chi connectivity index (χ3v) is 4.81. The number of anilines is 1. The molecule has 2 aromatic heterocycles. The fraction of sp³-hybridized carbons (Fsp3) is 0.250. The highest BCUT2D eigenvalue weighted by Gasteiger charge is 2.30. The number of methoxy groups -OCH3 is 1. The minimum Gasteiger partial charge on any atom is -0.481 e. The van der Waals surface area contributed by atoms with E-state index in [4.69, 9.17) is 10.5 Å². The van der Waals surface area contributed by atoms with Crippen LogP contribution in [0.15, 0.2) is 30.5 Å². The molecule has 4 rings (SSSR count). The van der Waals surface area contributed by atoms with E-state index in [0.29, 0.717) is 35.1 Å². The van der Waals surface area contributed by atoms with Gasteiger partial charge in [-0.2, -0.15) is 4.98 Å². The molecule has 1 unspecified atom stereocenters. The molecular formula is C20H20N6O2. The fourth-order valence-electron chi connectivity index (χ4n) is 3.53. The molecule has 8 heteroatoms. The Hall–Kier alpha value is -3.55. The molecule has 0 saturated carbocycles. The van der Waals surface area contributed by atoms with Crippen LogP contribution in [0.5, 0.6) is 5.88 Å². The molecule has 1 aliphatic rings. The Morgan fingerprint density at radius 2 is 1.96 bits per heavy atom. The zero-order chi connectivity index (χ0) is 19.8. The van der Waals surface area contributed by atoms with Crippen molar-refractivity contribution in [3.8, 4) is 17.3 Å². The van der Waals surface area contributed by atoms with Gasteiger partial charge in [-0.05, 0) is 19.4 Å². The van der Waals surface area contributed by atoms with E-state index in [1.165, 1.54) is 0 Å². The molecule has 0 radical (unpaired) electrons. The van der Waals surface area contributed by atoms with Crippen molar-refractivity contribution >= 4 is 11.9 Å². The van der Waals surface area contributed by atoms with E-state index >= 15 is 0 Å². The summed E-state index contributed by atoms with van der Waals surface area (Å²) in [7, 11) is 1.58. The summed E-state index contributed by atoms with van der Waals surface area (Å²) < 4.78 is 5.33. The SMILES string of the molecule is COc1nc(-c2ccccc2C2Cc3nc(N)nc(C)c3C(=O)N2)ncc1C. The predicted molar refractivity (Wildman–Crippen MR) is 104 cm³/mol. The summed E-state index contributed by atoms with van der Waals surface area (Å²) in [4.78, 5) is 30.1. The van der Waals surface area contributed by atoms with Crippen LogP contribution in [-0.2, 0) is 6.42 Å². The van der Waals surface area contributed by atoms with E-state index in [1.54, 1.807) is 20.2 Å². The number of nitrogens with zero attached hydrogens (tertiary/aromatic N) is 4. The van der Waals surface area contributed by atoms with Crippen LogP contribution in [0.1, 0.15) is 38.9 Å². The highest BCUT2D eigenvalue weighted by molar-refractivity contribution is 5.98. The molecule has 0 spiro atoms. The number of hydrogen-bond acceptors (Lipinski definition) is 7. The molecule has 8 nitrogen and oxygen atoms in total. The Morgan fingerprint density at radius 3 is 2.75 bits per heavy atom. The number of nitrogens with two attached hydrogens (primary N) is 1. The van der Waals surface area contributed by atoms with Gasteiger partial charge < -0.3 is 15.8 Å². The second-order valence-electron chi connectivity index (χ2n) is 6.69. The van der Waals surface area contributed by atoms with E-state index in [-0.39, 0.29) is 17.9 Å². The first kappa shape index (κ1) is 17.8. The van der Waals surface area contributed by atoms with Crippen LogP contribution in [0.2, 0.25) is 0 Å². The molecule has 3 N–H and O–H groups in total. The summed E-state index contributed by atoms with van der Waals surface area (Å²) >= 11 is 0. The van der Waals surface area contributed by atoms with Crippen molar-refractivity contribution in [1.29, 1.82) is 0 Å². The van der Waals surface area contributed by atoms with E-state index < -0.39 is 0 Å². The van der Waals surface area contributed by atoms with Crippen LogP contribution >= 0.6 is 0 Å². The Morgan fingerprint density at radius 1 is 1.18 bits per heavy atom. The fourth-order valence-corrected chi connectivity index (χ4v) is 3.53. The van der Waals surface area contributed by atoms with Gasteiger partial charge in [-0.3, -0.25) is 4.79 Å². The smallest absolute Gasteiger partial charge is 0.255 e. The Bertz CT molecular complexity index is 1080. The zero-order valence-electron chi connectivity index (χ0n) is 15.9. The minimum atomic E-state index is -0.277. The number of nitrogens with one attached hydrogen (secondary N) is 1. The average Bonchev–Trinajstić information content (AvgIpc) is 2.67. The van der Waals surface area contributed by atoms with Gasteiger partial charge in [-0.1, -0.05) is 24.3 Å². The number of benzene rings is 1. The van der Waals surface area contributed by atoms with E-state index in [2.05, 4.69) is 25.3 Å². The molecule has 1 aliphatic heterocycles. The van der Waals surface area contributed by atoms with Crippen LogP contribution in [0.3, 0.4) is 0 Å². The van der Waals surface area contributed by atoms with E-state index in [1.807, 2.05) is 31.2 Å². The lowest BCUT2D eigenvalue weighted by atomic mass is 9.91. The largest absolute Gasteiger partial charge is 0.481 e. The van der Waals surface area contributed by atoms with Crippen molar-refractivity contribution in [3.63, 3.8) is 0 Å². The lowest BCUT2D eigenvalue weighted by Crippen LogP contribution is -2.37. The quantitative estimate of drug-likeness (QED) is 0.719. The van der Waals surface area contributed by atoms with Gasteiger partial charge in [0.15, 0.2) is 5.82 Å². The average molecular weight is 376 g/mol. The Labute approximate surface area is 162 Å². The first-order chi connectivity index (χ1) is 13.5. The van der Waals surface area contributed by atoms with Gasteiger partial charge in [0.2, 0.25) is 11.8 Å². The van der Waals surface area contributed by atoms with Gasteiger partial charge >= 0.3 is 0 Å². The number of aromatic nitrogens is 4. The van der Waals surface area contributed by atoms with E-state index in [9.17, 15) is 4.79 Å². The molecule has 3 aromatic rings. The molecule has 1 aromatic carbocycles. The zero-order valence-corrected chi connectivity index (χ0v) is 15.9. The molecule has 142 valence electrons. The number of ether oxygens (including phenoxy) is 1. The van der Waals surface area contributed by atoms with Crippen molar-refractivity contribution in [2.24, 2.45) is 0 Å². The summed E-state index contributed by atoms with van der Waals surface area (Å²) in [6.45, 7) is 3.65. The molecular weight excluding hydrogens is 356 g/mol. The van der Waals surface area contributed by atoms with Gasteiger partial charge in [-0.15, -0.1) is 0 Å². The molecule has 3 heterocycles. The maximum absolute atomic E-state index is 12.7. The standard InChI is InChI=1S/C20H20N6O2/c1-10-9-22-17(26-19(10)28-3)13-7-5-4-6-12(13)14-8-15-16(18(27)24-14)11(2)23-20(21)25-15/h4-7,9,14H,8H2,1-3H3,(H,24,27)(H2,21,23,25). The summed E-state index contributed by atoms with van der Waals surface area (Å²) in [5.74, 6) is 1.02. The Balaban J connectivity index is 1.78. The first-order valence-electron chi connectivity index (χ1n) is 8.88. The number of fused-ring (bicyclic) bond motifs is 1. The van der Waals surface area contributed by atoms with Crippen molar-refractivity contribution in [3.05, 3.63) is 58.5 Å². The highest BCUT2D eigenvalue weighted by atomic mass is 16.5. The number of aryl methyl sites for hydroxylation is 2. The van der Waals surface area contributed by atoms with Crippen molar-refractivity contribution in [2.45, 2.75) is 26.3 Å². The first-order valence-corrected chi connectivity index (χ1v) is 8.88. The number of hydrogen-bond donors (Lipinski definition) is 2. The topological polar surface area (TPSA) is 116 Å². The summed E-state index contributed by atoms with van der Waals surface area (Å²) in [5.41, 5.74) is 10.1. The number of nitrogen functional groups attached to an aromatic ring is 1. The molecule has 0 aliphatic carbocycles. The highest BCUT2D eigenvalue weighted by Crippen LogP contribution is 2.32. The third-order valence-electron chi connectivity index (χ3n) is 4.81. The number of rotatable bonds is 3. The third kappa shape index (κ3) is 3.02. The van der Waals surface area contributed by atoms with Gasteiger partial charge in [0.1, 0.15) is 0 Å². The molecule has 28 heavy (non-hydrogen) atoms. The lowest BCUT2D eigenvalue weighted by molar-refractivity contribution is 0.0922. The summed E-state index contributed by atoms with van der Waals surface area (Å²) in [6, 6.07) is 7.45. The van der Waals surface area contributed by atoms with Crippen LogP contribution in [0.4, 0.5) is 5.95 Å². The van der Waals surface area contributed by atoms with Gasteiger partial charge in [0, 0.05) is 23.7 Å². The number of carbonyl (C=O) groups excluding carboxylic acids is 1. The second-order valence-corrected chi connectivity index (χ2v) is 6.69. The van der Waals surface area contributed by atoms with Crippen LogP contribution in [-0.4, -0.2) is 33.0 Å². The summed E-state index contributed by atoms with van der Waals surface area (Å²) in [5, 5.41) is 3.05. The predicted octanol–water partition coefficient (Wildman–Crippen LogP) is 2.17. The normalized spacial score (nSPS) is 15.7. The maximum atomic E-state index is 12.7. The van der Waals surface area contributed by atoms with Crippen molar-refractivity contribution in [1.82, 2.24) is 25.3 Å².